The highest BCUT2D eigenvalue weighted by Crippen LogP contribution is 2.52. The minimum absolute atomic E-state index is 0.0307. The summed E-state index contributed by atoms with van der Waals surface area (Å²) in [5, 5.41) is 10.2. The molecule has 0 nitrogen and oxygen atoms in total. The molecule has 0 N–H and O–H groups in total. The largest absolute Gasteiger partial charge is 0.0619 e. The van der Waals surface area contributed by atoms with Gasteiger partial charge in [-0.3, -0.25) is 0 Å². The van der Waals surface area contributed by atoms with Crippen molar-refractivity contribution in [2.45, 2.75) is 38.5 Å². The van der Waals surface area contributed by atoms with E-state index in [-0.39, 0.29) is 10.8 Å². The topological polar surface area (TPSA) is 0 Å². The summed E-state index contributed by atoms with van der Waals surface area (Å²) in [6, 6.07) is 69.1. The second-order valence-corrected chi connectivity index (χ2v) is 17.7. The van der Waals surface area contributed by atoms with Gasteiger partial charge >= 0.3 is 0 Å². The summed E-state index contributed by atoms with van der Waals surface area (Å²) in [5.74, 6) is 0. The van der Waals surface area contributed by atoms with Crippen LogP contribution in [0.1, 0.15) is 49.9 Å². The van der Waals surface area contributed by atoms with E-state index in [1.165, 1.54) is 121 Å². The van der Waals surface area contributed by atoms with E-state index in [9.17, 15) is 0 Å². The third-order valence-corrected chi connectivity index (χ3v) is 13.8. The van der Waals surface area contributed by atoms with Gasteiger partial charge in [0.2, 0.25) is 0 Å². The van der Waals surface area contributed by atoms with Crippen molar-refractivity contribution in [3.05, 3.63) is 204 Å². The maximum Gasteiger partial charge on any atom is 0.0158 e. The Labute approximate surface area is 340 Å². The van der Waals surface area contributed by atoms with Crippen molar-refractivity contribution >= 4 is 43.1 Å². The molecule has 0 bridgehead atoms. The number of hydrogen-bond donors (Lipinski definition) is 0. The summed E-state index contributed by atoms with van der Waals surface area (Å²) in [6.45, 7) is 9.45. The lowest BCUT2D eigenvalue weighted by molar-refractivity contribution is 0.660. The molecule has 2 aliphatic carbocycles. The molecule has 0 amide bonds. The van der Waals surface area contributed by atoms with Crippen LogP contribution in [0.25, 0.3) is 98.7 Å². The van der Waals surface area contributed by atoms with Crippen molar-refractivity contribution in [2.24, 2.45) is 0 Å². The Hall–Kier alpha value is -6.76. The molecular weight excluding hydrogens is 697 g/mol. The van der Waals surface area contributed by atoms with Crippen molar-refractivity contribution in [1.29, 1.82) is 0 Å². The second-order valence-electron chi connectivity index (χ2n) is 17.7. The summed E-state index contributed by atoms with van der Waals surface area (Å²) in [4.78, 5) is 0. The SMILES string of the molecule is CC1(C)c2ccccc2-c2cc(-c3cc4c5cc(-c6ccc7ccccc7c6)ccc5c(-c5ccc6c(c5)-c5ccccc5C6(C)C)cc4c4ccccc34)ccc21. The van der Waals surface area contributed by atoms with Gasteiger partial charge in [-0.2, -0.15) is 0 Å². The van der Waals surface area contributed by atoms with Gasteiger partial charge in [-0.15, -0.1) is 0 Å². The highest BCUT2D eigenvalue weighted by molar-refractivity contribution is 6.24. The van der Waals surface area contributed by atoms with E-state index in [1.807, 2.05) is 0 Å². The van der Waals surface area contributed by atoms with Crippen molar-refractivity contribution in [2.75, 3.05) is 0 Å². The van der Waals surface area contributed by atoms with Crippen LogP contribution in [0.3, 0.4) is 0 Å². The highest BCUT2D eigenvalue weighted by atomic mass is 14.4. The quantitative estimate of drug-likeness (QED) is 0.158. The molecule has 0 heterocycles. The smallest absolute Gasteiger partial charge is 0.0158 e. The number of fused-ring (bicyclic) bond motifs is 12. The lowest BCUT2D eigenvalue weighted by atomic mass is 9.81. The number of benzene rings is 10. The lowest BCUT2D eigenvalue weighted by Gasteiger charge is -2.22. The molecule has 0 atom stereocenters. The summed E-state index contributed by atoms with van der Waals surface area (Å²) in [6.07, 6.45) is 0. The first-order valence-electron chi connectivity index (χ1n) is 20.7. The van der Waals surface area contributed by atoms with E-state index in [4.69, 9.17) is 0 Å². The van der Waals surface area contributed by atoms with Crippen LogP contribution in [-0.2, 0) is 10.8 Å². The highest BCUT2D eigenvalue weighted by Gasteiger charge is 2.36. The van der Waals surface area contributed by atoms with Crippen LogP contribution in [0.5, 0.6) is 0 Å². The Balaban J connectivity index is 1.14. The molecule has 12 rings (SSSR count). The van der Waals surface area contributed by atoms with Gasteiger partial charge in [-0.1, -0.05) is 173 Å². The van der Waals surface area contributed by atoms with Gasteiger partial charge in [0, 0.05) is 10.8 Å². The standard InChI is InChI=1S/C58H42/c1-57(2)53-19-11-9-17-44(53)51-31-39(24-27-55(51)57)46-34-50-48-30-38(37-22-21-35-13-5-6-14-36(35)29-37)23-26-43(48)47(33-49(50)42-16-8-7-15-41(42)46)40-25-28-56-52(32-40)45-18-10-12-20-54(45)58(56,3)4/h5-34H,1-4H3. The van der Waals surface area contributed by atoms with Crippen LogP contribution in [0.4, 0.5) is 0 Å². The van der Waals surface area contributed by atoms with Crippen LogP contribution in [0.15, 0.2) is 182 Å². The second kappa shape index (κ2) is 11.9. The summed E-state index contributed by atoms with van der Waals surface area (Å²) >= 11 is 0. The number of hydrogen-bond acceptors (Lipinski definition) is 0. The fourth-order valence-corrected chi connectivity index (χ4v) is 10.8. The van der Waals surface area contributed by atoms with Crippen LogP contribution in [0.2, 0.25) is 0 Å². The van der Waals surface area contributed by atoms with E-state index < -0.39 is 0 Å². The molecular formula is C58H42. The maximum atomic E-state index is 2.49. The summed E-state index contributed by atoms with van der Waals surface area (Å²) in [5.41, 5.74) is 18.5. The predicted octanol–water partition coefficient (Wildman–Crippen LogP) is 15.9. The average molecular weight is 739 g/mol. The van der Waals surface area contributed by atoms with Crippen LogP contribution in [0, 0.1) is 0 Å². The molecule has 0 radical (unpaired) electrons. The minimum Gasteiger partial charge on any atom is -0.0619 e. The Morgan fingerprint density at radius 2 is 0.672 bits per heavy atom. The molecule has 58 heavy (non-hydrogen) atoms. The zero-order valence-corrected chi connectivity index (χ0v) is 33.3. The Bertz CT molecular complexity index is 3390. The Morgan fingerprint density at radius 3 is 1.31 bits per heavy atom. The summed E-state index contributed by atoms with van der Waals surface area (Å²) in [7, 11) is 0. The van der Waals surface area contributed by atoms with Gasteiger partial charge < -0.3 is 0 Å². The zero-order chi connectivity index (χ0) is 38.9. The maximum absolute atomic E-state index is 2.49. The van der Waals surface area contributed by atoms with E-state index in [1.54, 1.807) is 0 Å². The third kappa shape index (κ3) is 4.63. The zero-order valence-electron chi connectivity index (χ0n) is 33.3. The van der Waals surface area contributed by atoms with Crippen molar-refractivity contribution in [1.82, 2.24) is 0 Å². The number of rotatable bonds is 3. The first-order chi connectivity index (χ1) is 28.3. The van der Waals surface area contributed by atoms with E-state index >= 15 is 0 Å². The third-order valence-electron chi connectivity index (χ3n) is 13.8. The molecule has 0 fully saturated rings. The molecule has 0 heteroatoms. The van der Waals surface area contributed by atoms with Gasteiger partial charge in [-0.05, 0) is 157 Å². The van der Waals surface area contributed by atoms with Crippen LogP contribution < -0.4 is 0 Å². The summed E-state index contributed by atoms with van der Waals surface area (Å²) < 4.78 is 0. The van der Waals surface area contributed by atoms with Gasteiger partial charge in [0.1, 0.15) is 0 Å². The van der Waals surface area contributed by atoms with Crippen LogP contribution in [-0.4, -0.2) is 0 Å². The Kier molecular flexibility index (Phi) is 6.84. The van der Waals surface area contributed by atoms with Crippen molar-refractivity contribution < 1.29 is 0 Å². The average Bonchev–Trinajstić information content (AvgIpc) is 3.64. The van der Waals surface area contributed by atoms with Gasteiger partial charge in [-0.25, -0.2) is 0 Å². The Morgan fingerprint density at radius 1 is 0.241 bits per heavy atom. The van der Waals surface area contributed by atoms with E-state index in [0.29, 0.717) is 0 Å². The fraction of sp³-hybridized carbons (Fsp3) is 0.103. The molecule has 274 valence electrons. The monoisotopic (exact) mass is 738 g/mol. The molecule has 0 saturated carbocycles. The fourth-order valence-electron chi connectivity index (χ4n) is 10.8. The van der Waals surface area contributed by atoms with Crippen molar-refractivity contribution in [3.8, 4) is 55.6 Å². The predicted molar refractivity (Wildman–Crippen MR) is 248 cm³/mol. The van der Waals surface area contributed by atoms with Gasteiger partial charge in [0.15, 0.2) is 0 Å². The van der Waals surface area contributed by atoms with Gasteiger partial charge in [0.25, 0.3) is 0 Å². The molecule has 10 aromatic rings. The minimum atomic E-state index is -0.0351. The molecule has 2 aliphatic rings. The van der Waals surface area contributed by atoms with E-state index in [0.717, 1.165) is 0 Å². The molecule has 0 spiro atoms. The van der Waals surface area contributed by atoms with Crippen molar-refractivity contribution in [3.63, 3.8) is 0 Å². The molecule has 0 unspecified atom stereocenters. The molecule has 0 saturated heterocycles. The molecule has 0 aromatic heterocycles. The first kappa shape index (κ1) is 33.4. The first-order valence-corrected chi connectivity index (χ1v) is 20.7. The lowest BCUT2D eigenvalue weighted by Crippen LogP contribution is -2.14. The van der Waals surface area contributed by atoms with Crippen LogP contribution >= 0.6 is 0 Å². The van der Waals surface area contributed by atoms with Gasteiger partial charge in [0.05, 0.1) is 0 Å². The molecule has 10 aromatic carbocycles. The molecule has 0 aliphatic heterocycles. The normalized spacial score (nSPS) is 14.5. The van der Waals surface area contributed by atoms with E-state index in [2.05, 4.69) is 210 Å².